The van der Waals surface area contributed by atoms with Crippen LogP contribution in [0, 0.1) is 0 Å². The number of carbonyl (C=O) groups is 1. The predicted molar refractivity (Wildman–Crippen MR) is 82.0 cm³/mol. The Morgan fingerprint density at radius 2 is 1.71 bits per heavy atom. The smallest absolute Gasteiger partial charge is 0.419 e. The first-order valence-corrected chi connectivity index (χ1v) is 6.42. The van der Waals surface area contributed by atoms with Gasteiger partial charge in [0.2, 0.25) is 0 Å². The SMILES string of the molecule is C=C=CN(C(=O)OC(C)(C)C)c1cc(OC)cc(OC)c1. The van der Waals surface area contributed by atoms with Crippen LogP contribution in [0.5, 0.6) is 11.5 Å². The molecule has 5 nitrogen and oxygen atoms in total. The maximum atomic E-state index is 12.3. The number of anilines is 1. The van der Waals surface area contributed by atoms with E-state index in [0.29, 0.717) is 17.2 Å². The number of ether oxygens (including phenoxy) is 3. The lowest BCUT2D eigenvalue weighted by Gasteiger charge is -2.25. The van der Waals surface area contributed by atoms with Crippen LogP contribution in [-0.2, 0) is 4.74 Å². The first-order valence-electron chi connectivity index (χ1n) is 6.42. The van der Waals surface area contributed by atoms with Gasteiger partial charge < -0.3 is 14.2 Å². The molecule has 0 unspecified atom stereocenters. The summed E-state index contributed by atoms with van der Waals surface area (Å²) in [6, 6.07) is 5.11. The Morgan fingerprint density at radius 3 is 2.10 bits per heavy atom. The van der Waals surface area contributed by atoms with Crippen molar-refractivity contribution in [1.29, 1.82) is 0 Å². The zero-order chi connectivity index (χ0) is 16.0. The summed E-state index contributed by atoms with van der Waals surface area (Å²) in [6.45, 7) is 8.89. The zero-order valence-corrected chi connectivity index (χ0v) is 13.1. The van der Waals surface area contributed by atoms with Crippen LogP contribution in [0.15, 0.2) is 36.7 Å². The molecule has 0 aromatic heterocycles. The predicted octanol–water partition coefficient (Wildman–Crippen LogP) is 3.74. The highest BCUT2D eigenvalue weighted by Gasteiger charge is 2.22. The van der Waals surface area contributed by atoms with E-state index in [1.165, 1.54) is 11.1 Å². The van der Waals surface area contributed by atoms with Gasteiger partial charge in [-0.1, -0.05) is 6.58 Å². The minimum absolute atomic E-state index is 0.533. The fraction of sp³-hybridized carbons (Fsp3) is 0.375. The molecular formula is C16H21NO4. The highest BCUT2D eigenvalue weighted by molar-refractivity contribution is 5.90. The van der Waals surface area contributed by atoms with E-state index < -0.39 is 11.7 Å². The van der Waals surface area contributed by atoms with Crippen LogP contribution in [0.2, 0.25) is 0 Å². The van der Waals surface area contributed by atoms with Gasteiger partial charge >= 0.3 is 6.09 Å². The number of rotatable bonds is 4. The molecule has 1 aromatic rings. The number of nitrogens with zero attached hydrogens (tertiary/aromatic N) is 1. The third-order valence-electron chi connectivity index (χ3n) is 2.42. The Balaban J connectivity index is 3.22. The summed E-state index contributed by atoms with van der Waals surface area (Å²) >= 11 is 0. The van der Waals surface area contributed by atoms with Crippen molar-refractivity contribution < 1.29 is 19.0 Å². The molecule has 0 aliphatic heterocycles. The van der Waals surface area contributed by atoms with Crippen molar-refractivity contribution in [3.63, 3.8) is 0 Å². The molecule has 1 rings (SSSR count). The van der Waals surface area contributed by atoms with E-state index in [1.54, 1.807) is 53.2 Å². The van der Waals surface area contributed by atoms with Crippen LogP contribution in [-0.4, -0.2) is 25.9 Å². The van der Waals surface area contributed by atoms with Crippen molar-refractivity contribution in [2.24, 2.45) is 0 Å². The molecule has 21 heavy (non-hydrogen) atoms. The summed E-state index contributed by atoms with van der Waals surface area (Å²) in [5.74, 6) is 1.13. The van der Waals surface area contributed by atoms with E-state index >= 15 is 0 Å². The first-order chi connectivity index (χ1) is 9.80. The van der Waals surface area contributed by atoms with Gasteiger partial charge in [0.15, 0.2) is 0 Å². The monoisotopic (exact) mass is 291 g/mol. The topological polar surface area (TPSA) is 48.0 Å². The second-order valence-electron chi connectivity index (χ2n) is 5.25. The molecule has 1 amide bonds. The van der Waals surface area contributed by atoms with E-state index in [-0.39, 0.29) is 0 Å². The van der Waals surface area contributed by atoms with Gasteiger partial charge in [0.05, 0.1) is 26.1 Å². The number of hydrogen-bond acceptors (Lipinski definition) is 4. The summed E-state index contributed by atoms with van der Waals surface area (Å²) in [5, 5.41) is 0. The summed E-state index contributed by atoms with van der Waals surface area (Å²) in [4.78, 5) is 13.6. The molecule has 0 heterocycles. The van der Waals surface area contributed by atoms with Crippen LogP contribution < -0.4 is 14.4 Å². The zero-order valence-electron chi connectivity index (χ0n) is 13.1. The van der Waals surface area contributed by atoms with Crippen LogP contribution in [0.3, 0.4) is 0 Å². The maximum absolute atomic E-state index is 12.3. The van der Waals surface area contributed by atoms with Crippen molar-refractivity contribution in [1.82, 2.24) is 0 Å². The molecule has 114 valence electrons. The normalized spacial score (nSPS) is 10.3. The Morgan fingerprint density at radius 1 is 1.19 bits per heavy atom. The molecule has 0 aliphatic carbocycles. The minimum atomic E-state index is -0.604. The van der Waals surface area contributed by atoms with Gasteiger partial charge in [-0.2, -0.15) is 0 Å². The van der Waals surface area contributed by atoms with Crippen molar-refractivity contribution in [2.45, 2.75) is 26.4 Å². The number of amides is 1. The fourth-order valence-electron chi connectivity index (χ4n) is 1.57. The van der Waals surface area contributed by atoms with Gasteiger partial charge in [-0.25, -0.2) is 9.69 Å². The molecule has 0 fully saturated rings. The fourth-order valence-corrected chi connectivity index (χ4v) is 1.57. The number of methoxy groups -OCH3 is 2. The summed E-state index contributed by atoms with van der Waals surface area (Å²) in [6.07, 6.45) is 0.872. The average Bonchev–Trinajstić information content (AvgIpc) is 2.42. The molecule has 0 spiro atoms. The van der Waals surface area contributed by atoms with Crippen molar-refractivity contribution in [3.05, 3.63) is 36.7 Å². The highest BCUT2D eigenvalue weighted by Crippen LogP contribution is 2.29. The largest absolute Gasteiger partial charge is 0.497 e. The lowest BCUT2D eigenvalue weighted by molar-refractivity contribution is 0.0596. The standard InChI is InChI=1S/C16H21NO4/c1-7-8-17(15(18)21-16(2,3)4)12-9-13(19-5)11-14(10-12)20-6/h8-11H,1H2,2-6H3. The molecule has 0 saturated heterocycles. The van der Waals surface area contributed by atoms with E-state index in [9.17, 15) is 4.79 Å². The summed E-state index contributed by atoms with van der Waals surface area (Å²) in [7, 11) is 3.08. The van der Waals surface area contributed by atoms with Crippen molar-refractivity contribution in [3.8, 4) is 11.5 Å². The second-order valence-corrected chi connectivity index (χ2v) is 5.25. The van der Waals surface area contributed by atoms with E-state index in [0.717, 1.165) is 0 Å². The quantitative estimate of drug-likeness (QED) is 0.793. The summed E-state index contributed by atoms with van der Waals surface area (Å²) < 4.78 is 15.8. The molecule has 0 aliphatic rings. The molecule has 0 atom stereocenters. The molecule has 0 radical (unpaired) electrons. The van der Waals surface area contributed by atoms with Gasteiger partial charge in [0.25, 0.3) is 0 Å². The molecule has 0 N–H and O–H groups in total. The van der Waals surface area contributed by atoms with Gasteiger partial charge in [-0.3, -0.25) is 0 Å². The maximum Gasteiger partial charge on any atom is 0.419 e. The number of carbonyl (C=O) groups excluding carboxylic acids is 1. The van der Waals surface area contributed by atoms with Crippen LogP contribution in [0.1, 0.15) is 20.8 Å². The average molecular weight is 291 g/mol. The lowest BCUT2D eigenvalue weighted by Crippen LogP contribution is -2.33. The van der Waals surface area contributed by atoms with E-state index in [2.05, 4.69) is 12.3 Å². The van der Waals surface area contributed by atoms with Crippen molar-refractivity contribution >= 4 is 11.8 Å². The van der Waals surface area contributed by atoms with Gasteiger partial charge in [-0.15, -0.1) is 5.73 Å². The van der Waals surface area contributed by atoms with Crippen LogP contribution >= 0.6 is 0 Å². The third-order valence-corrected chi connectivity index (χ3v) is 2.42. The molecule has 0 saturated carbocycles. The lowest BCUT2D eigenvalue weighted by atomic mass is 10.2. The molecule has 1 aromatic carbocycles. The van der Waals surface area contributed by atoms with Crippen LogP contribution in [0.25, 0.3) is 0 Å². The van der Waals surface area contributed by atoms with Gasteiger partial charge in [0, 0.05) is 18.2 Å². The summed E-state index contributed by atoms with van der Waals surface area (Å²) in [5.41, 5.74) is 2.51. The van der Waals surface area contributed by atoms with Gasteiger partial charge in [-0.05, 0) is 20.8 Å². The molecular weight excluding hydrogens is 270 g/mol. The third kappa shape index (κ3) is 4.89. The highest BCUT2D eigenvalue weighted by atomic mass is 16.6. The Hall–Kier alpha value is -2.39. The Bertz CT molecular complexity index is 532. The molecule has 5 heteroatoms. The first kappa shape index (κ1) is 16.7. The van der Waals surface area contributed by atoms with Crippen LogP contribution in [0.4, 0.5) is 10.5 Å². The number of hydrogen-bond donors (Lipinski definition) is 0. The number of benzene rings is 1. The van der Waals surface area contributed by atoms with E-state index in [1.807, 2.05) is 0 Å². The van der Waals surface area contributed by atoms with Crippen molar-refractivity contribution in [2.75, 3.05) is 19.1 Å². The Kier molecular flexibility index (Phi) is 5.44. The minimum Gasteiger partial charge on any atom is -0.497 e. The second kappa shape index (κ2) is 6.86. The Labute approximate surface area is 125 Å². The molecule has 0 bridgehead atoms. The van der Waals surface area contributed by atoms with Gasteiger partial charge in [0.1, 0.15) is 17.1 Å². The van der Waals surface area contributed by atoms with E-state index in [4.69, 9.17) is 14.2 Å².